The Morgan fingerprint density at radius 3 is 1.66 bits per heavy atom. The van der Waals surface area contributed by atoms with E-state index in [0.717, 1.165) is 83.0 Å². The Bertz CT molecular complexity index is 3720. The van der Waals surface area contributed by atoms with Gasteiger partial charge in [-0.1, -0.05) is 66.7 Å². The van der Waals surface area contributed by atoms with E-state index < -0.39 is 0 Å². The minimum Gasteiger partial charge on any atom is -0.457 e. The Morgan fingerprint density at radius 2 is 0.983 bits per heavy atom. The van der Waals surface area contributed by atoms with E-state index in [0.29, 0.717) is 0 Å². The number of benzene rings is 7. The molecule has 0 N–H and O–H groups in total. The SMILES string of the molecule is Cc1cccc(C)c1-c1ccc2c(c1-c1c(C)cccc1C)c1ccc(Oc3ccc4c5cccnc5n5c6ccccc6nc5c4c3)cc1c1nc3ccccc3n21. The van der Waals surface area contributed by atoms with Gasteiger partial charge in [0.15, 0.2) is 0 Å². The minimum atomic E-state index is 0.730. The van der Waals surface area contributed by atoms with Crippen molar-refractivity contribution in [1.82, 2.24) is 23.8 Å². The lowest BCUT2D eigenvalue weighted by atomic mass is 9.83. The van der Waals surface area contributed by atoms with Crippen molar-refractivity contribution in [1.29, 1.82) is 0 Å². The van der Waals surface area contributed by atoms with Crippen LogP contribution in [0.4, 0.5) is 0 Å². The normalized spacial score (nSPS) is 12.1. The van der Waals surface area contributed by atoms with Gasteiger partial charge in [-0.2, -0.15) is 0 Å². The van der Waals surface area contributed by atoms with Crippen molar-refractivity contribution in [2.24, 2.45) is 0 Å². The summed E-state index contributed by atoms with van der Waals surface area (Å²) < 4.78 is 11.4. The van der Waals surface area contributed by atoms with Gasteiger partial charge in [0.1, 0.15) is 28.4 Å². The van der Waals surface area contributed by atoms with Crippen molar-refractivity contribution in [2.75, 3.05) is 0 Å². The zero-order chi connectivity index (χ0) is 39.5. The summed E-state index contributed by atoms with van der Waals surface area (Å²) in [4.78, 5) is 15.2. The summed E-state index contributed by atoms with van der Waals surface area (Å²) in [7, 11) is 0. The van der Waals surface area contributed by atoms with Crippen LogP contribution < -0.4 is 4.74 Å². The number of nitrogens with zero attached hydrogens (tertiary/aromatic N) is 5. The van der Waals surface area contributed by atoms with Gasteiger partial charge in [0.2, 0.25) is 0 Å². The highest BCUT2D eigenvalue weighted by Gasteiger charge is 2.24. The van der Waals surface area contributed by atoms with Gasteiger partial charge in [0.25, 0.3) is 0 Å². The van der Waals surface area contributed by atoms with E-state index in [4.69, 9.17) is 19.7 Å². The minimum absolute atomic E-state index is 0.730. The van der Waals surface area contributed by atoms with Crippen LogP contribution in [0.3, 0.4) is 0 Å². The number of rotatable bonds is 4. The molecular formula is C53H37N5O. The van der Waals surface area contributed by atoms with Crippen molar-refractivity contribution in [3.63, 3.8) is 0 Å². The molecule has 12 rings (SSSR count). The lowest BCUT2D eigenvalue weighted by molar-refractivity contribution is 0.484. The van der Waals surface area contributed by atoms with Gasteiger partial charge in [-0.25, -0.2) is 15.0 Å². The van der Waals surface area contributed by atoms with Crippen molar-refractivity contribution >= 4 is 76.8 Å². The summed E-state index contributed by atoms with van der Waals surface area (Å²) in [5.74, 6) is 1.46. The molecule has 6 heteroatoms. The number of imidazole rings is 2. The molecule has 0 bridgehead atoms. The van der Waals surface area contributed by atoms with E-state index in [2.05, 4.69) is 158 Å². The Hall–Kier alpha value is -7.57. The second-order valence-corrected chi connectivity index (χ2v) is 15.8. The molecule has 280 valence electrons. The lowest BCUT2D eigenvalue weighted by Gasteiger charge is -2.22. The topological polar surface area (TPSA) is 56.7 Å². The molecule has 0 spiro atoms. The fraction of sp³-hybridized carbons (Fsp3) is 0.0755. The Morgan fingerprint density at radius 1 is 0.407 bits per heavy atom. The first-order valence-electron chi connectivity index (χ1n) is 20.1. The molecule has 0 saturated heterocycles. The highest BCUT2D eigenvalue weighted by molar-refractivity contribution is 6.21. The number of pyridine rings is 3. The Kier molecular flexibility index (Phi) is 7.09. The fourth-order valence-electron chi connectivity index (χ4n) is 9.76. The molecule has 0 fully saturated rings. The van der Waals surface area contributed by atoms with Crippen molar-refractivity contribution in [3.8, 4) is 33.8 Å². The maximum Gasteiger partial charge on any atom is 0.147 e. The number of fused-ring (bicyclic) bond motifs is 16. The summed E-state index contributed by atoms with van der Waals surface area (Å²) in [6.07, 6.45) is 1.85. The monoisotopic (exact) mass is 759 g/mol. The average molecular weight is 760 g/mol. The molecule has 0 amide bonds. The van der Waals surface area contributed by atoms with Crippen LogP contribution in [0.1, 0.15) is 22.3 Å². The van der Waals surface area contributed by atoms with Gasteiger partial charge >= 0.3 is 0 Å². The molecule has 0 aliphatic heterocycles. The number of hydrogen-bond acceptors (Lipinski definition) is 4. The van der Waals surface area contributed by atoms with Crippen LogP contribution in [0, 0.1) is 27.7 Å². The number of aromatic nitrogens is 5. The van der Waals surface area contributed by atoms with Crippen molar-refractivity contribution < 1.29 is 4.74 Å². The first-order chi connectivity index (χ1) is 28.9. The summed E-state index contributed by atoms with van der Waals surface area (Å²) in [5.41, 5.74) is 17.7. The number of ether oxygens (including phenoxy) is 1. The van der Waals surface area contributed by atoms with Crippen LogP contribution in [0.25, 0.3) is 99.1 Å². The van der Waals surface area contributed by atoms with Crippen LogP contribution in [-0.4, -0.2) is 23.8 Å². The summed E-state index contributed by atoms with van der Waals surface area (Å²) in [6, 6.07) is 51.5. The van der Waals surface area contributed by atoms with Gasteiger partial charge in [0, 0.05) is 33.3 Å². The van der Waals surface area contributed by atoms with E-state index in [-0.39, 0.29) is 0 Å². The second kappa shape index (κ2) is 12.5. The van der Waals surface area contributed by atoms with Crippen molar-refractivity contribution in [2.45, 2.75) is 27.7 Å². The molecule has 12 aromatic rings. The molecule has 6 nitrogen and oxygen atoms in total. The Balaban J connectivity index is 1.14. The Labute approximate surface area is 339 Å². The summed E-state index contributed by atoms with van der Waals surface area (Å²) in [6.45, 7) is 8.91. The van der Waals surface area contributed by atoms with Crippen LogP contribution >= 0.6 is 0 Å². The molecule has 0 radical (unpaired) electrons. The average Bonchev–Trinajstić information content (AvgIpc) is 3.84. The molecular weight excluding hydrogens is 723 g/mol. The fourth-order valence-corrected chi connectivity index (χ4v) is 9.76. The molecule has 0 unspecified atom stereocenters. The molecule has 0 atom stereocenters. The first-order valence-corrected chi connectivity index (χ1v) is 20.1. The predicted molar refractivity (Wildman–Crippen MR) is 243 cm³/mol. The molecule has 7 aromatic carbocycles. The van der Waals surface area contributed by atoms with Gasteiger partial charge in [-0.3, -0.25) is 8.80 Å². The molecule has 0 aliphatic rings. The zero-order valence-corrected chi connectivity index (χ0v) is 33.1. The van der Waals surface area contributed by atoms with Crippen LogP contribution in [-0.2, 0) is 0 Å². The third-order valence-corrected chi connectivity index (χ3v) is 12.3. The third-order valence-electron chi connectivity index (χ3n) is 12.3. The smallest absolute Gasteiger partial charge is 0.147 e. The molecule has 59 heavy (non-hydrogen) atoms. The standard InChI is InChI=1S/C53H37N5O/c1-30-12-9-13-31(2)47(30)39-25-26-46-49(50(39)48-32(3)14-10-15-33(48)4)37-24-22-35(29-41(37)52-55-42-17-5-7-19-44(42)57(46)52)59-34-21-23-36-38-16-11-27-54-51(38)58-45-20-8-6-18-43(45)56-53(58)40(36)28-34/h5-29H,1-4H3. The van der Waals surface area contributed by atoms with E-state index in [1.807, 2.05) is 30.5 Å². The van der Waals surface area contributed by atoms with Crippen LogP contribution in [0.2, 0.25) is 0 Å². The number of hydrogen-bond donors (Lipinski definition) is 0. The molecule has 0 aliphatic carbocycles. The van der Waals surface area contributed by atoms with E-state index >= 15 is 0 Å². The van der Waals surface area contributed by atoms with E-state index in [1.165, 1.54) is 49.9 Å². The maximum absolute atomic E-state index is 6.85. The van der Waals surface area contributed by atoms with Gasteiger partial charge < -0.3 is 4.74 Å². The lowest BCUT2D eigenvalue weighted by Crippen LogP contribution is -2.00. The number of aryl methyl sites for hydroxylation is 4. The highest BCUT2D eigenvalue weighted by atomic mass is 16.5. The van der Waals surface area contributed by atoms with E-state index in [1.54, 1.807) is 0 Å². The van der Waals surface area contributed by atoms with Crippen LogP contribution in [0.15, 0.2) is 152 Å². The highest BCUT2D eigenvalue weighted by Crippen LogP contribution is 2.47. The van der Waals surface area contributed by atoms with Gasteiger partial charge in [0.05, 0.1) is 27.6 Å². The molecule has 5 aromatic heterocycles. The number of para-hydroxylation sites is 4. The first kappa shape index (κ1) is 33.6. The van der Waals surface area contributed by atoms with Gasteiger partial charge in [-0.05, 0) is 156 Å². The third kappa shape index (κ3) is 4.83. The second-order valence-electron chi connectivity index (χ2n) is 15.8. The van der Waals surface area contributed by atoms with Gasteiger partial charge in [-0.15, -0.1) is 0 Å². The predicted octanol–water partition coefficient (Wildman–Crippen LogP) is 13.7. The van der Waals surface area contributed by atoms with Crippen LogP contribution in [0.5, 0.6) is 11.5 Å². The quantitative estimate of drug-likeness (QED) is 0.168. The maximum atomic E-state index is 6.85. The molecule has 5 heterocycles. The van der Waals surface area contributed by atoms with E-state index in [9.17, 15) is 0 Å². The van der Waals surface area contributed by atoms with Crippen molar-refractivity contribution in [3.05, 3.63) is 174 Å². The molecule has 0 saturated carbocycles. The summed E-state index contributed by atoms with van der Waals surface area (Å²) in [5, 5.41) is 6.50. The summed E-state index contributed by atoms with van der Waals surface area (Å²) >= 11 is 0. The zero-order valence-electron chi connectivity index (χ0n) is 33.1. The largest absolute Gasteiger partial charge is 0.457 e.